The summed E-state index contributed by atoms with van der Waals surface area (Å²) in [6.07, 6.45) is 0. The molecule has 2 amide bonds. The van der Waals surface area contributed by atoms with Crippen LogP contribution >= 0.6 is 0 Å². The number of carbonyl (C=O) groups is 2. The van der Waals surface area contributed by atoms with Crippen molar-refractivity contribution in [3.8, 4) is 0 Å². The fourth-order valence-corrected chi connectivity index (χ4v) is 1.80. The Morgan fingerprint density at radius 3 is 2.47 bits per heavy atom. The zero-order valence-corrected chi connectivity index (χ0v) is 11.2. The lowest BCUT2D eigenvalue weighted by molar-refractivity contribution is -0.119. The average Bonchev–Trinajstić information content (AvgIpc) is 2.37. The van der Waals surface area contributed by atoms with Crippen LogP contribution in [-0.4, -0.2) is 29.3 Å². The Morgan fingerprint density at radius 1 is 1.32 bits per heavy atom. The first-order valence-corrected chi connectivity index (χ1v) is 6.07. The Kier molecular flexibility index (Phi) is 5.47. The van der Waals surface area contributed by atoms with Crippen LogP contribution in [0.2, 0.25) is 0 Å². The Labute approximate surface area is 112 Å². The molecule has 1 aromatic rings. The van der Waals surface area contributed by atoms with Crippen LogP contribution in [0.15, 0.2) is 24.3 Å². The lowest BCUT2D eigenvalue weighted by Crippen LogP contribution is -2.39. The molecule has 0 saturated heterocycles. The lowest BCUT2D eigenvalue weighted by Gasteiger charge is -2.25. The molecule has 0 fully saturated rings. The van der Waals surface area contributed by atoms with Gasteiger partial charge in [-0.15, -0.1) is 0 Å². The van der Waals surface area contributed by atoms with Gasteiger partial charge in [-0.3, -0.25) is 19.9 Å². The first kappa shape index (κ1) is 15.1. The minimum Gasteiger partial charge on any atom is -0.369 e. The van der Waals surface area contributed by atoms with Crippen molar-refractivity contribution in [3.63, 3.8) is 0 Å². The zero-order valence-electron chi connectivity index (χ0n) is 11.2. The number of carbonyl (C=O) groups excluding carboxylic acids is 2. The molecule has 0 unspecified atom stereocenters. The van der Waals surface area contributed by atoms with Crippen LogP contribution in [-0.2, 0) is 11.3 Å². The van der Waals surface area contributed by atoms with E-state index in [1.165, 1.54) is 0 Å². The Bertz CT molecular complexity index is 460. The molecule has 19 heavy (non-hydrogen) atoms. The number of primary amides is 1. The highest BCUT2D eigenvalue weighted by atomic mass is 16.2. The highest BCUT2D eigenvalue weighted by Crippen LogP contribution is 2.13. The van der Waals surface area contributed by atoms with E-state index in [0.717, 1.165) is 5.56 Å². The number of hydrazine groups is 1. The normalized spacial score (nSPS) is 10.8. The van der Waals surface area contributed by atoms with Crippen molar-refractivity contribution in [2.24, 2.45) is 11.6 Å². The zero-order chi connectivity index (χ0) is 14.4. The van der Waals surface area contributed by atoms with Crippen molar-refractivity contribution in [1.82, 2.24) is 10.3 Å². The minimum absolute atomic E-state index is 0.140. The van der Waals surface area contributed by atoms with Crippen LogP contribution < -0.4 is 17.0 Å². The molecule has 0 aliphatic carbocycles. The molecule has 0 radical (unpaired) electrons. The number of nitrogens with one attached hydrogen (secondary N) is 1. The maximum absolute atomic E-state index is 11.7. The molecule has 0 aliphatic heterocycles. The van der Waals surface area contributed by atoms with E-state index in [-0.39, 0.29) is 18.5 Å². The van der Waals surface area contributed by atoms with Crippen molar-refractivity contribution >= 4 is 11.8 Å². The van der Waals surface area contributed by atoms with Gasteiger partial charge in [-0.05, 0) is 25.5 Å². The Hall–Kier alpha value is -1.92. The molecular weight excluding hydrogens is 244 g/mol. The van der Waals surface area contributed by atoms with Gasteiger partial charge in [0.15, 0.2) is 0 Å². The van der Waals surface area contributed by atoms with Gasteiger partial charge in [0.1, 0.15) is 0 Å². The van der Waals surface area contributed by atoms with Gasteiger partial charge in [-0.25, -0.2) is 5.84 Å². The summed E-state index contributed by atoms with van der Waals surface area (Å²) < 4.78 is 0. The summed E-state index contributed by atoms with van der Waals surface area (Å²) in [7, 11) is 0. The quantitative estimate of drug-likeness (QED) is 0.382. The van der Waals surface area contributed by atoms with Crippen molar-refractivity contribution in [2.75, 3.05) is 6.54 Å². The van der Waals surface area contributed by atoms with Crippen LogP contribution in [0.25, 0.3) is 0 Å². The van der Waals surface area contributed by atoms with Gasteiger partial charge in [0.25, 0.3) is 5.91 Å². The van der Waals surface area contributed by atoms with Crippen molar-refractivity contribution in [2.45, 2.75) is 26.4 Å². The van der Waals surface area contributed by atoms with Crippen LogP contribution in [0.4, 0.5) is 0 Å². The van der Waals surface area contributed by atoms with Gasteiger partial charge in [-0.2, -0.15) is 0 Å². The third-order valence-electron chi connectivity index (χ3n) is 2.86. The highest BCUT2D eigenvalue weighted by molar-refractivity contribution is 5.95. The summed E-state index contributed by atoms with van der Waals surface area (Å²) in [5, 5.41) is 0. The predicted molar refractivity (Wildman–Crippen MR) is 72.8 cm³/mol. The molecule has 0 aliphatic rings. The monoisotopic (exact) mass is 264 g/mol. The number of rotatable bonds is 6. The van der Waals surface area contributed by atoms with E-state index in [9.17, 15) is 9.59 Å². The van der Waals surface area contributed by atoms with E-state index < -0.39 is 5.91 Å². The van der Waals surface area contributed by atoms with Crippen molar-refractivity contribution < 1.29 is 9.59 Å². The molecule has 1 rings (SSSR count). The number of hydrogen-bond donors (Lipinski definition) is 3. The minimum atomic E-state index is -0.394. The van der Waals surface area contributed by atoms with Gasteiger partial charge in [-0.1, -0.05) is 18.2 Å². The maximum Gasteiger partial charge on any atom is 0.265 e. The van der Waals surface area contributed by atoms with Crippen LogP contribution in [0.5, 0.6) is 0 Å². The second-order valence-corrected chi connectivity index (χ2v) is 4.60. The predicted octanol–water partition coefficient (Wildman–Crippen LogP) is -0.0142. The molecule has 0 saturated carbocycles. The number of hydrogen-bond acceptors (Lipinski definition) is 4. The number of amides is 2. The molecule has 104 valence electrons. The van der Waals surface area contributed by atoms with E-state index in [1.807, 2.05) is 30.9 Å². The third kappa shape index (κ3) is 4.35. The van der Waals surface area contributed by atoms with Gasteiger partial charge >= 0.3 is 0 Å². The molecular formula is C13H20N4O2. The molecule has 0 bridgehead atoms. The standard InChI is InChI=1S/C13H20N4O2/c1-9(2)17(8-12(14)18)7-10-5-3-4-6-11(10)13(19)16-15/h3-6,9H,7-8,15H2,1-2H3,(H2,14,18)(H,16,19). The molecule has 5 N–H and O–H groups in total. The molecule has 0 heterocycles. The highest BCUT2D eigenvalue weighted by Gasteiger charge is 2.16. The molecule has 0 aromatic heterocycles. The van der Waals surface area contributed by atoms with Crippen molar-refractivity contribution in [1.29, 1.82) is 0 Å². The van der Waals surface area contributed by atoms with E-state index in [1.54, 1.807) is 12.1 Å². The van der Waals surface area contributed by atoms with Gasteiger partial charge in [0.05, 0.1) is 6.54 Å². The number of nitrogens with zero attached hydrogens (tertiary/aromatic N) is 1. The second-order valence-electron chi connectivity index (χ2n) is 4.60. The largest absolute Gasteiger partial charge is 0.369 e. The van der Waals surface area contributed by atoms with Crippen LogP contribution in [0, 0.1) is 0 Å². The van der Waals surface area contributed by atoms with Gasteiger partial charge in [0.2, 0.25) is 5.91 Å². The van der Waals surface area contributed by atoms with Gasteiger partial charge < -0.3 is 5.73 Å². The first-order valence-electron chi connectivity index (χ1n) is 6.07. The van der Waals surface area contributed by atoms with Crippen LogP contribution in [0.3, 0.4) is 0 Å². The molecule has 0 atom stereocenters. The number of nitrogen functional groups attached to an aromatic ring is 1. The summed E-state index contributed by atoms with van der Waals surface area (Å²) in [5.41, 5.74) is 8.65. The fraction of sp³-hybridized carbons (Fsp3) is 0.385. The number of nitrogens with two attached hydrogens (primary N) is 2. The Morgan fingerprint density at radius 2 is 1.95 bits per heavy atom. The first-order chi connectivity index (χ1) is 8.95. The maximum atomic E-state index is 11.7. The molecule has 6 heteroatoms. The molecule has 6 nitrogen and oxygen atoms in total. The van der Waals surface area contributed by atoms with Crippen molar-refractivity contribution in [3.05, 3.63) is 35.4 Å². The smallest absolute Gasteiger partial charge is 0.265 e. The molecule has 1 aromatic carbocycles. The fourth-order valence-electron chi connectivity index (χ4n) is 1.80. The summed E-state index contributed by atoms with van der Waals surface area (Å²) in [4.78, 5) is 24.6. The van der Waals surface area contributed by atoms with E-state index in [2.05, 4.69) is 5.43 Å². The van der Waals surface area contributed by atoms with E-state index in [0.29, 0.717) is 12.1 Å². The topological polar surface area (TPSA) is 101 Å². The average molecular weight is 264 g/mol. The summed E-state index contributed by atoms with van der Waals surface area (Å²) in [5.74, 6) is 4.41. The molecule has 0 spiro atoms. The van der Waals surface area contributed by atoms with Gasteiger partial charge in [0, 0.05) is 18.2 Å². The second kappa shape index (κ2) is 6.86. The lowest BCUT2D eigenvalue weighted by atomic mass is 10.1. The van der Waals surface area contributed by atoms with E-state index >= 15 is 0 Å². The SMILES string of the molecule is CC(C)N(CC(N)=O)Cc1ccccc1C(=O)NN. The summed E-state index contributed by atoms with van der Waals surface area (Å²) in [6.45, 7) is 4.55. The summed E-state index contributed by atoms with van der Waals surface area (Å²) in [6, 6.07) is 7.27. The van der Waals surface area contributed by atoms with Crippen LogP contribution in [0.1, 0.15) is 29.8 Å². The third-order valence-corrected chi connectivity index (χ3v) is 2.86. The number of benzene rings is 1. The van der Waals surface area contributed by atoms with E-state index in [4.69, 9.17) is 11.6 Å². The Balaban J connectivity index is 2.96. The summed E-state index contributed by atoms with van der Waals surface area (Å²) >= 11 is 0.